The lowest BCUT2D eigenvalue weighted by Crippen LogP contribution is -2.27. The molecule has 0 N–H and O–H groups in total. The minimum absolute atomic E-state index is 0.0271. The zero-order chi connectivity index (χ0) is 28.4. The second-order valence-electron chi connectivity index (χ2n) is 9.71. The number of hydrogen-bond acceptors (Lipinski definition) is 5. The molecule has 0 aliphatic carbocycles. The first-order chi connectivity index (χ1) is 19.2. The van der Waals surface area contributed by atoms with Crippen molar-refractivity contribution < 1.29 is 17.9 Å². The number of fused-ring (bicyclic) bond motifs is 1. The van der Waals surface area contributed by atoms with Gasteiger partial charge in [0.1, 0.15) is 4.90 Å². The Hall–Kier alpha value is -4.49. The van der Waals surface area contributed by atoms with Crippen molar-refractivity contribution in [2.45, 2.75) is 37.1 Å². The van der Waals surface area contributed by atoms with E-state index in [2.05, 4.69) is 0 Å². The number of carbonyl (C=O) groups excluding carboxylic acids is 1. The number of pyridine rings is 1. The maximum atomic E-state index is 14.0. The molecule has 0 aliphatic heterocycles. The van der Waals surface area contributed by atoms with E-state index in [1.54, 1.807) is 31.2 Å². The Morgan fingerprint density at radius 2 is 1.45 bits per heavy atom. The van der Waals surface area contributed by atoms with Crippen LogP contribution in [0.1, 0.15) is 34.0 Å². The van der Waals surface area contributed by atoms with E-state index in [9.17, 15) is 18.0 Å². The zero-order valence-electron chi connectivity index (χ0n) is 22.5. The average molecular weight is 552 g/mol. The Morgan fingerprint density at radius 3 is 2.08 bits per heavy atom. The molecule has 0 aliphatic rings. The molecule has 40 heavy (non-hydrogen) atoms. The molecule has 1 aromatic heterocycles. The van der Waals surface area contributed by atoms with Crippen molar-refractivity contribution in [1.29, 1.82) is 0 Å². The van der Waals surface area contributed by atoms with E-state index in [1.807, 2.05) is 68.4 Å². The van der Waals surface area contributed by atoms with Crippen LogP contribution in [0.3, 0.4) is 0 Å². The molecule has 0 saturated carbocycles. The summed E-state index contributed by atoms with van der Waals surface area (Å²) in [7, 11) is -4.19. The third-order valence-electron chi connectivity index (χ3n) is 6.88. The third kappa shape index (κ3) is 5.08. The van der Waals surface area contributed by atoms with Gasteiger partial charge < -0.3 is 9.30 Å². The quantitative estimate of drug-likeness (QED) is 0.220. The van der Waals surface area contributed by atoms with E-state index >= 15 is 0 Å². The van der Waals surface area contributed by atoms with Gasteiger partial charge in [0.05, 0.1) is 29.1 Å². The van der Waals surface area contributed by atoms with Gasteiger partial charge in [-0.2, -0.15) is 0 Å². The molecule has 6 nitrogen and oxygen atoms in total. The van der Waals surface area contributed by atoms with Crippen molar-refractivity contribution in [3.63, 3.8) is 0 Å². The van der Waals surface area contributed by atoms with E-state index < -0.39 is 21.4 Å². The van der Waals surface area contributed by atoms with Gasteiger partial charge in [-0.3, -0.25) is 4.79 Å². The molecular formula is C33H29NO5S. The van der Waals surface area contributed by atoms with E-state index in [1.165, 1.54) is 22.8 Å². The third-order valence-corrected chi connectivity index (χ3v) is 8.65. The van der Waals surface area contributed by atoms with Crippen LogP contribution in [0.5, 0.6) is 0 Å². The summed E-state index contributed by atoms with van der Waals surface area (Å²) >= 11 is 0. The van der Waals surface area contributed by atoms with Crippen molar-refractivity contribution in [1.82, 2.24) is 4.57 Å². The van der Waals surface area contributed by atoms with Gasteiger partial charge in [-0.15, -0.1) is 0 Å². The summed E-state index contributed by atoms with van der Waals surface area (Å²) in [5.74, 6) is -0.524. The van der Waals surface area contributed by atoms with Crippen molar-refractivity contribution >= 4 is 26.7 Å². The van der Waals surface area contributed by atoms with Crippen LogP contribution < -0.4 is 5.56 Å². The van der Waals surface area contributed by atoms with Gasteiger partial charge in [0, 0.05) is 10.9 Å². The highest BCUT2D eigenvalue weighted by Gasteiger charge is 2.27. The van der Waals surface area contributed by atoms with Gasteiger partial charge in [0.25, 0.3) is 5.56 Å². The number of carbonyl (C=O) groups is 1. The lowest BCUT2D eigenvalue weighted by Gasteiger charge is -2.18. The minimum Gasteiger partial charge on any atom is -0.462 e. The highest BCUT2D eigenvalue weighted by molar-refractivity contribution is 7.91. The first kappa shape index (κ1) is 27.1. The van der Waals surface area contributed by atoms with E-state index in [-0.39, 0.29) is 22.9 Å². The van der Waals surface area contributed by atoms with Gasteiger partial charge in [0.15, 0.2) is 0 Å². The summed E-state index contributed by atoms with van der Waals surface area (Å²) in [4.78, 5) is 26.8. The summed E-state index contributed by atoms with van der Waals surface area (Å²) in [6, 6.07) is 28.1. The second-order valence-corrected chi connectivity index (χ2v) is 11.6. The van der Waals surface area contributed by atoms with Gasteiger partial charge in [-0.1, -0.05) is 77.9 Å². The first-order valence-corrected chi connectivity index (χ1v) is 14.5. The molecule has 0 saturated heterocycles. The normalized spacial score (nSPS) is 11.5. The van der Waals surface area contributed by atoms with Crippen LogP contribution in [-0.2, 0) is 21.1 Å². The smallest absolute Gasteiger partial charge is 0.338 e. The summed E-state index contributed by atoms with van der Waals surface area (Å²) in [6.45, 7) is 5.89. The predicted octanol–water partition coefficient (Wildman–Crippen LogP) is 6.34. The van der Waals surface area contributed by atoms with Crippen LogP contribution in [0.4, 0.5) is 0 Å². The lowest BCUT2D eigenvalue weighted by atomic mass is 9.94. The van der Waals surface area contributed by atoms with E-state index in [0.29, 0.717) is 27.6 Å². The Morgan fingerprint density at radius 1 is 0.825 bits per heavy atom. The fourth-order valence-electron chi connectivity index (χ4n) is 4.80. The highest BCUT2D eigenvalue weighted by atomic mass is 32.2. The Bertz CT molecular complexity index is 1870. The van der Waals surface area contributed by atoms with Gasteiger partial charge in [-0.05, 0) is 62.2 Å². The van der Waals surface area contributed by atoms with Gasteiger partial charge in [-0.25, -0.2) is 13.2 Å². The van der Waals surface area contributed by atoms with Gasteiger partial charge in [0.2, 0.25) is 9.84 Å². The number of sulfone groups is 1. The SMILES string of the molecule is CCOC(=O)c1ccc2c(cc(S(=O)(=O)c3ccc(C)cc3)c(=O)n2Cc2ccccc2)c1-c1ccc(C)cc1. The van der Waals surface area contributed by atoms with Crippen LogP contribution in [0, 0.1) is 13.8 Å². The fourth-order valence-corrected chi connectivity index (χ4v) is 6.16. The van der Waals surface area contributed by atoms with Crippen molar-refractivity contribution in [2.24, 2.45) is 0 Å². The number of aromatic nitrogens is 1. The number of hydrogen-bond donors (Lipinski definition) is 0. The molecule has 0 spiro atoms. The maximum absolute atomic E-state index is 14.0. The summed E-state index contributed by atoms with van der Waals surface area (Å²) in [5.41, 5.74) is 4.17. The molecule has 0 fully saturated rings. The number of ether oxygens (including phenoxy) is 1. The fraction of sp³-hybridized carbons (Fsp3) is 0.152. The summed E-state index contributed by atoms with van der Waals surface area (Å²) in [5, 5.41) is 0.468. The van der Waals surface area contributed by atoms with Crippen LogP contribution >= 0.6 is 0 Å². The van der Waals surface area contributed by atoms with Crippen molar-refractivity contribution in [3.8, 4) is 11.1 Å². The predicted molar refractivity (Wildman–Crippen MR) is 157 cm³/mol. The standard InChI is InChI=1S/C33H29NO5S/c1-4-39-33(36)27-18-19-29-28(31(27)25-14-10-22(2)11-15-25)20-30(40(37,38)26-16-12-23(3)13-17-26)32(35)34(29)21-24-8-6-5-7-9-24/h5-20H,4,21H2,1-3H3. The van der Waals surface area contributed by atoms with Crippen molar-refractivity contribution in [2.75, 3.05) is 6.61 Å². The molecule has 0 amide bonds. The zero-order valence-corrected chi connectivity index (χ0v) is 23.4. The molecule has 0 atom stereocenters. The summed E-state index contributed by atoms with van der Waals surface area (Å²) in [6.07, 6.45) is 0. The Kier molecular flexibility index (Phi) is 7.41. The van der Waals surface area contributed by atoms with Crippen LogP contribution in [-0.4, -0.2) is 25.6 Å². The molecule has 4 aromatic carbocycles. The second kappa shape index (κ2) is 10.9. The molecule has 5 rings (SSSR count). The Balaban J connectivity index is 1.90. The topological polar surface area (TPSA) is 82.4 Å². The minimum atomic E-state index is -4.19. The highest BCUT2D eigenvalue weighted by Crippen LogP contribution is 2.35. The van der Waals surface area contributed by atoms with Crippen LogP contribution in [0.15, 0.2) is 112 Å². The molecule has 0 radical (unpaired) electrons. The first-order valence-electron chi connectivity index (χ1n) is 13.0. The number of esters is 1. The average Bonchev–Trinajstić information content (AvgIpc) is 2.95. The molecule has 5 aromatic rings. The number of benzene rings is 4. The molecule has 0 unspecified atom stereocenters. The largest absolute Gasteiger partial charge is 0.462 e. The lowest BCUT2D eigenvalue weighted by molar-refractivity contribution is 0.0527. The Labute approximate surface area is 233 Å². The summed E-state index contributed by atoms with van der Waals surface area (Å²) < 4.78 is 34.7. The van der Waals surface area contributed by atoms with Crippen LogP contribution in [0.2, 0.25) is 0 Å². The maximum Gasteiger partial charge on any atom is 0.338 e. The molecule has 0 bridgehead atoms. The molecular weight excluding hydrogens is 522 g/mol. The molecule has 7 heteroatoms. The van der Waals surface area contributed by atoms with E-state index in [0.717, 1.165) is 16.7 Å². The molecule has 202 valence electrons. The number of aryl methyl sites for hydroxylation is 2. The molecule has 1 heterocycles. The van der Waals surface area contributed by atoms with Crippen molar-refractivity contribution in [3.05, 3.63) is 130 Å². The monoisotopic (exact) mass is 551 g/mol. The van der Waals surface area contributed by atoms with E-state index in [4.69, 9.17) is 4.74 Å². The van der Waals surface area contributed by atoms with Crippen LogP contribution in [0.25, 0.3) is 22.0 Å². The number of nitrogens with zero attached hydrogens (tertiary/aromatic N) is 1. The number of rotatable bonds is 7. The van der Waals surface area contributed by atoms with Gasteiger partial charge >= 0.3 is 5.97 Å².